The Morgan fingerprint density at radius 3 is 2.17 bits per heavy atom. The third-order valence-electron chi connectivity index (χ3n) is 3.75. The first-order valence-electron chi connectivity index (χ1n) is 7.42. The number of halogens is 1. The van der Waals surface area contributed by atoms with E-state index in [-0.39, 0.29) is 31.4 Å². The van der Waals surface area contributed by atoms with Crippen LogP contribution in [0.25, 0.3) is 0 Å². The fourth-order valence-corrected chi connectivity index (χ4v) is 2.74. The molecule has 122 valence electrons. The first-order chi connectivity index (χ1) is 11.6. The van der Waals surface area contributed by atoms with Crippen LogP contribution >= 0.6 is 11.6 Å². The molecule has 6 heteroatoms. The van der Waals surface area contributed by atoms with Gasteiger partial charge in [-0.2, -0.15) is 0 Å². The molecule has 0 unspecified atom stereocenters. The van der Waals surface area contributed by atoms with E-state index in [1.54, 1.807) is 48.5 Å². The van der Waals surface area contributed by atoms with Gasteiger partial charge in [-0.15, -0.1) is 0 Å². The summed E-state index contributed by atoms with van der Waals surface area (Å²) in [5.74, 6) is -1.18. The molecule has 2 aromatic rings. The summed E-state index contributed by atoms with van der Waals surface area (Å²) in [6, 6.07) is 13.6. The number of benzene rings is 2. The highest BCUT2D eigenvalue weighted by molar-refractivity contribution is 6.31. The van der Waals surface area contributed by atoms with Crippen molar-refractivity contribution in [1.29, 1.82) is 0 Å². The Morgan fingerprint density at radius 1 is 0.958 bits per heavy atom. The summed E-state index contributed by atoms with van der Waals surface area (Å²) in [6.07, 6.45) is 0.0434. The lowest BCUT2D eigenvalue weighted by Gasteiger charge is -2.13. The third-order valence-corrected chi connectivity index (χ3v) is 4.12. The number of imide groups is 1. The van der Waals surface area contributed by atoms with Gasteiger partial charge in [-0.05, 0) is 23.8 Å². The maximum atomic E-state index is 12.2. The van der Waals surface area contributed by atoms with Crippen LogP contribution in [0.4, 0.5) is 0 Å². The highest BCUT2D eigenvalue weighted by atomic mass is 35.5. The number of hydrogen-bond acceptors (Lipinski definition) is 4. The van der Waals surface area contributed by atoms with Gasteiger partial charge in [0.25, 0.3) is 11.8 Å². The number of hydrogen-bond donors (Lipinski definition) is 0. The molecule has 1 aliphatic heterocycles. The van der Waals surface area contributed by atoms with E-state index in [2.05, 4.69) is 0 Å². The molecule has 0 aromatic heterocycles. The summed E-state index contributed by atoms with van der Waals surface area (Å²) in [6.45, 7) is -0.0185. The summed E-state index contributed by atoms with van der Waals surface area (Å²) in [4.78, 5) is 37.3. The lowest BCUT2D eigenvalue weighted by Crippen LogP contribution is -2.33. The second-order valence-electron chi connectivity index (χ2n) is 5.30. The molecule has 3 rings (SSSR count). The number of esters is 1. The van der Waals surface area contributed by atoms with Crippen molar-refractivity contribution >= 4 is 29.4 Å². The van der Waals surface area contributed by atoms with Gasteiger partial charge in [0.2, 0.25) is 0 Å². The van der Waals surface area contributed by atoms with Crippen molar-refractivity contribution in [1.82, 2.24) is 4.90 Å². The average Bonchev–Trinajstić information content (AvgIpc) is 2.82. The lowest BCUT2D eigenvalue weighted by atomic mass is 10.1. The van der Waals surface area contributed by atoms with Gasteiger partial charge >= 0.3 is 5.97 Å². The molecule has 1 aliphatic rings. The van der Waals surface area contributed by atoms with E-state index in [0.717, 1.165) is 4.90 Å². The Balaban J connectivity index is 1.54. The van der Waals surface area contributed by atoms with Gasteiger partial charge in [-0.1, -0.05) is 41.9 Å². The van der Waals surface area contributed by atoms with Crippen molar-refractivity contribution in [3.63, 3.8) is 0 Å². The topological polar surface area (TPSA) is 63.7 Å². The van der Waals surface area contributed by atoms with E-state index < -0.39 is 5.97 Å². The summed E-state index contributed by atoms with van der Waals surface area (Å²) in [5, 5.41) is 0.495. The zero-order valence-corrected chi connectivity index (χ0v) is 13.5. The largest absolute Gasteiger partial charge is 0.464 e. The van der Waals surface area contributed by atoms with Crippen LogP contribution < -0.4 is 0 Å². The zero-order chi connectivity index (χ0) is 17.1. The maximum Gasteiger partial charge on any atom is 0.310 e. The molecule has 1 heterocycles. The molecule has 0 radical (unpaired) electrons. The number of nitrogens with zero attached hydrogens (tertiary/aromatic N) is 1. The second-order valence-corrected chi connectivity index (χ2v) is 5.70. The van der Waals surface area contributed by atoms with Gasteiger partial charge in [-0.25, -0.2) is 0 Å². The summed E-state index contributed by atoms with van der Waals surface area (Å²) >= 11 is 5.99. The Labute approximate surface area is 143 Å². The van der Waals surface area contributed by atoms with Crippen molar-refractivity contribution < 1.29 is 19.1 Å². The van der Waals surface area contributed by atoms with Crippen LogP contribution in [-0.2, 0) is 16.0 Å². The van der Waals surface area contributed by atoms with Gasteiger partial charge < -0.3 is 4.74 Å². The average molecular weight is 344 g/mol. The van der Waals surface area contributed by atoms with E-state index in [1.807, 2.05) is 0 Å². The highest BCUT2D eigenvalue weighted by Crippen LogP contribution is 2.22. The van der Waals surface area contributed by atoms with Crippen LogP contribution in [0.1, 0.15) is 26.3 Å². The Bertz CT molecular complexity index is 783. The van der Waals surface area contributed by atoms with Gasteiger partial charge in [0.1, 0.15) is 6.61 Å². The van der Waals surface area contributed by atoms with Crippen LogP contribution in [0.5, 0.6) is 0 Å². The Hall–Kier alpha value is -2.66. The fraction of sp³-hybridized carbons (Fsp3) is 0.167. The minimum atomic E-state index is -0.459. The smallest absolute Gasteiger partial charge is 0.310 e. The molecular formula is C18H14ClNO4. The molecule has 0 N–H and O–H groups in total. The van der Waals surface area contributed by atoms with E-state index in [0.29, 0.717) is 21.7 Å². The highest BCUT2D eigenvalue weighted by Gasteiger charge is 2.34. The predicted octanol–water partition coefficient (Wildman–Crippen LogP) is 2.72. The predicted molar refractivity (Wildman–Crippen MR) is 87.9 cm³/mol. The molecule has 0 saturated carbocycles. The minimum absolute atomic E-state index is 0.0284. The fourth-order valence-electron chi connectivity index (χ4n) is 2.54. The van der Waals surface area contributed by atoms with E-state index >= 15 is 0 Å². The van der Waals surface area contributed by atoms with E-state index in [9.17, 15) is 14.4 Å². The number of amides is 2. The molecule has 0 spiro atoms. The van der Waals surface area contributed by atoms with Crippen molar-refractivity contribution in [2.45, 2.75) is 6.42 Å². The monoisotopic (exact) mass is 343 g/mol. The molecule has 0 saturated heterocycles. The van der Waals surface area contributed by atoms with Gasteiger partial charge in [0.05, 0.1) is 24.1 Å². The first-order valence-corrected chi connectivity index (χ1v) is 7.80. The molecule has 2 amide bonds. The standard InChI is InChI=1S/C18H14ClNO4/c19-15-8-4-1-5-12(15)11-16(21)24-10-9-20-17(22)13-6-2-3-7-14(13)18(20)23/h1-8H,9-11H2. The van der Waals surface area contributed by atoms with Crippen LogP contribution in [0.2, 0.25) is 5.02 Å². The summed E-state index contributed by atoms with van der Waals surface area (Å²) in [5.41, 5.74) is 1.43. The molecule has 5 nitrogen and oxygen atoms in total. The molecule has 24 heavy (non-hydrogen) atoms. The van der Waals surface area contributed by atoms with Gasteiger partial charge in [0.15, 0.2) is 0 Å². The summed E-state index contributed by atoms with van der Waals surface area (Å²) in [7, 11) is 0. The van der Waals surface area contributed by atoms with E-state index in [4.69, 9.17) is 16.3 Å². The molecule has 2 aromatic carbocycles. The SMILES string of the molecule is O=C(Cc1ccccc1Cl)OCCN1C(=O)c2ccccc2C1=O. The minimum Gasteiger partial charge on any atom is -0.464 e. The number of fused-ring (bicyclic) bond motifs is 1. The Kier molecular flexibility index (Phi) is 4.62. The first kappa shape index (κ1) is 16.2. The molecular weight excluding hydrogens is 330 g/mol. The van der Waals surface area contributed by atoms with Crippen molar-refractivity contribution in [3.05, 3.63) is 70.2 Å². The zero-order valence-electron chi connectivity index (χ0n) is 12.7. The number of carbonyl (C=O) groups is 3. The molecule has 0 bridgehead atoms. The molecule has 0 atom stereocenters. The van der Waals surface area contributed by atoms with Gasteiger partial charge in [0, 0.05) is 5.02 Å². The lowest BCUT2D eigenvalue weighted by molar-refractivity contribution is -0.143. The normalized spacial score (nSPS) is 13.1. The van der Waals surface area contributed by atoms with Crippen LogP contribution in [-0.4, -0.2) is 35.8 Å². The summed E-state index contributed by atoms with van der Waals surface area (Å²) < 4.78 is 5.11. The quantitative estimate of drug-likeness (QED) is 0.618. The third kappa shape index (κ3) is 3.16. The van der Waals surface area contributed by atoms with Crippen molar-refractivity contribution in [2.75, 3.05) is 13.2 Å². The molecule has 0 fully saturated rings. The van der Waals surface area contributed by atoms with Crippen molar-refractivity contribution in [2.24, 2.45) is 0 Å². The Morgan fingerprint density at radius 2 is 1.54 bits per heavy atom. The van der Waals surface area contributed by atoms with E-state index in [1.165, 1.54) is 0 Å². The van der Waals surface area contributed by atoms with Crippen LogP contribution in [0.3, 0.4) is 0 Å². The van der Waals surface area contributed by atoms with Crippen LogP contribution in [0.15, 0.2) is 48.5 Å². The maximum absolute atomic E-state index is 12.2. The number of ether oxygens (including phenoxy) is 1. The number of rotatable bonds is 5. The second kappa shape index (κ2) is 6.84. The molecule has 0 aliphatic carbocycles. The van der Waals surface area contributed by atoms with Crippen LogP contribution in [0, 0.1) is 0 Å². The number of carbonyl (C=O) groups excluding carboxylic acids is 3. The van der Waals surface area contributed by atoms with Gasteiger partial charge in [-0.3, -0.25) is 19.3 Å². The van der Waals surface area contributed by atoms with Crippen molar-refractivity contribution in [3.8, 4) is 0 Å².